The highest BCUT2D eigenvalue weighted by Gasteiger charge is 2.16. The van der Waals surface area contributed by atoms with Crippen LogP contribution in [0.15, 0.2) is 52.4 Å². The second kappa shape index (κ2) is 9.88. The van der Waals surface area contributed by atoms with Crippen molar-refractivity contribution in [2.45, 2.75) is 37.5 Å². The Kier molecular flexibility index (Phi) is 7.24. The smallest absolute Gasteiger partial charge is 0.326 e. The van der Waals surface area contributed by atoms with Crippen LogP contribution in [0.4, 0.5) is 5.69 Å². The Balaban J connectivity index is 2.08. The van der Waals surface area contributed by atoms with Gasteiger partial charge in [0.25, 0.3) is 11.6 Å². The summed E-state index contributed by atoms with van der Waals surface area (Å²) in [4.78, 5) is 41.1. The summed E-state index contributed by atoms with van der Waals surface area (Å²) < 4.78 is 7.13. The number of nitro benzene ring substituents is 1. The highest BCUT2D eigenvalue weighted by molar-refractivity contribution is 7.99. The molecule has 10 heteroatoms. The highest BCUT2D eigenvalue weighted by Crippen LogP contribution is 2.25. The van der Waals surface area contributed by atoms with Crippen LogP contribution in [0.25, 0.3) is 10.2 Å². The molecule has 0 radical (unpaired) electrons. The molecule has 31 heavy (non-hydrogen) atoms. The lowest BCUT2D eigenvalue weighted by Gasteiger charge is -2.06. The molecule has 162 valence electrons. The van der Waals surface area contributed by atoms with Crippen molar-refractivity contribution in [3.05, 3.63) is 62.9 Å². The number of amides is 1. The number of nitro groups is 1. The maximum Gasteiger partial charge on any atom is 0.326 e. The second-order valence-electron chi connectivity index (χ2n) is 6.80. The Morgan fingerprint density at radius 1 is 1.26 bits per heavy atom. The van der Waals surface area contributed by atoms with Crippen molar-refractivity contribution < 1.29 is 19.2 Å². The topological polar surface area (TPSA) is 104 Å². The van der Waals surface area contributed by atoms with E-state index >= 15 is 0 Å². The zero-order chi connectivity index (χ0) is 22.5. The highest BCUT2D eigenvalue weighted by atomic mass is 32.2. The monoisotopic (exact) mass is 459 g/mol. The number of thiazole rings is 1. The first-order valence-corrected chi connectivity index (χ1v) is 11.3. The Bertz CT molecular complexity index is 1210. The normalized spacial score (nSPS) is 11.8. The minimum atomic E-state index is -0.491. The molecule has 0 aliphatic rings. The third kappa shape index (κ3) is 5.59. The first-order valence-electron chi connectivity index (χ1n) is 9.57. The summed E-state index contributed by atoms with van der Waals surface area (Å²) in [6, 6.07) is 11.5. The van der Waals surface area contributed by atoms with E-state index in [2.05, 4.69) is 18.8 Å². The summed E-state index contributed by atoms with van der Waals surface area (Å²) in [6.07, 6.45) is 0. The fourth-order valence-electron chi connectivity index (χ4n) is 2.88. The first-order chi connectivity index (χ1) is 14.8. The van der Waals surface area contributed by atoms with E-state index in [1.807, 2.05) is 6.07 Å². The van der Waals surface area contributed by atoms with Crippen molar-refractivity contribution in [1.29, 1.82) is 0 Å². The van der Waals surface area contributed by atoms with Gasteiger partial charge >= 0.3 is 5.97 Å². The fraction of sp³-hybridized carbons (Fsp3) is 0.286. The molecule has 0 saturated carbocycles. The van der Waals surface area contributed by atoms with Gasteiger partial charge in [-0.1, -0.05) is 31.3 Å². The van der Waals surface area contributed by atoms with Crippen molar-refractivity contribution >= 4 is 50.9 Å². The molecule has 1 aromatic heterocycles. The van der Waals surface area contributed by atoms with E-state index in [9.17, 15) is 19.7 Å². The predicted octanol–water partition coefficient (Wildman–Crippen LogP) is 4.42. The number of non-ortho nitro benzene ring substituents is 1. The standard InChI is InChI=1S/C21H21N3O5S2/c1-4-29-19(25)12-23-17-9-8-15(24(27)28)11-18(17)31-21(23)22-20(26)14-6-5-7-16(10-14)30-13(2)3/h5-11,13H,4,12H2,1-3H3. The number of carbonyl (C=O) groups is 2. The van der Waals surface area contributed by atoms with Gasteiger partial charge in [0.15, 0.2) is 4.80 Å². The maximum absolute atomic E-state index is 12.9. The summed E-state index contributed by atoms with van der Waals surface area (Å²) in [5.41, 5.74) is 0.921. The van der Waals surface area contributed by atoms with Crippen LogP contribution in [-0.2, 0) is 16.1 Å². The average molecular weight is 460 g/mol. The molecule has 2 aromatic carbocycles. The SMILES string of the molecule is CCOC(=O)Cn1c(=NC(=O)c2cccc(SC(C)C)c2)sc2cc([N+](=O)[O-])ccc21. The molecule has 0 N–H and O–H groups in total. The van der Waals surface area contributed by atoms with Crippen LogP contribution in [0, 0.1) is 10.1 Å². The maximum atomic E-state index is 12.9. The lowest BCUT2D eigenvalue weighted by Crippen LogP contribution is -2.23. The van der Waals surface area contributed by atoms with E-state index in [1.165, 1.54) is 12.1 Å². The number of thioether (sulfide) groups is 1. The van der Waals surface area contributed by atoms with Crippen LogP contribution < -0.4 is 4.80 Å². The summed E-state index contributed by atoms with van der Waals surface area (Å²) in [5.74, 6) is -0.936. The third-order valence-corrected chi connectivity index (χ3v) is 6.16. The van der Waals surface area contributed by atoms with Crippen LogP contribution in [-0.4, -0.2) is 33.2 Å². The van der Waals surface area contributed by atoms with E-state index in [1.54, 1.807) is 47.5 Å². The molecule has 3 aromatic rings. The number of aromatic nitrogens is 1. The lowest BCUT2D eigenvalue weighted by molar-refractivity contribution is -0.384. The Labute approximate surface area is 186 Å². The molecule has 1 heterocycles. The fourth-order valence-corrected chi connectivity index (χ4v) is 4.83. The molecule has 1 amide bonds. The Hall–Kier alpha value is -2.98. The molecule has 0 atom stereocenters. The van der Waals surface area contributed by atoms with Gasteiger partial charge in [0.05, 0.1) is 21.7 Å². The summed E-state index contributed by atoms with van der Waals surface area (Å²) in [7, 11) is 0. The second-order valence-corrected chi connectivity index (χ2v) is 9.46. The van der Waals surface area contributed by atoms with Gasteiger partial charge in [0.1, 0.15) is 6.54 Å². The summed E-state index contributed by atoms with van der Waals surface area (Å²) in [5, 5.41) is 11.5. The van der Waals surface area contributed by atoms with E-state index in [-0.39, 0.29) is 23.6 Å². The quantitative estimate of drug-likeness (QED) is 0.224. The number of nitrogens with zero attached hydrogens (tertiary/aromatic N) is 3. The third-order valence-electron chi connectivity index (χ3n) is 4.12. The number of esters is 1. The number of hydrogen-bond acceptors (Lipinski definition) is 7. The van der Waals surface area contributed by atoms with Gasteiger partial charge in [-0.3, -0.25) is 19.7 Å². The molecular formula is C21H21N3O5S2. The minimum Gasteiger partial charge on any atom is -0.465 e. The van der Waals surface area contributed by atoms with E-state index in [4.69, 9.17) is 4.74 Å². The summed E-state index contributed by atoms with van der Waals surface area (Å²) in [6.45, 7) is 5.91. The number of rotatable bonds is 7. The molecule has 0 saturated heterocycles. The van der Waals surface area contributed by atoms with Crippen molar-refractivity contribution in [2.75, 3.05) is 6.61 Å². The zero-order valence-electron chi connectivity index (χ0n) is 17.2. The number of fused-ring (bicyclic) bond motifs is 1. The van der Waals surface area contributed by atoms with E-state index in [0.717, 1.165) is 16.2 Å². The first kappa shape index (κ1) is 22.7. The molecule has 0 bridgehead atoms. The lowest BCUT2D eigenvalue weighted by atomic mass is 10.2. The van der Waals surface area contributed by atoms with Crippen LogP contribution in [0.5, 0.6) is 0 Å². The predicted molar refractivity (Wildman–Crippen MR) is 120 cm³/mol. The van der Waals surface area contributed by atoms with Crippen molar-refractivity contribution in [3.63, 3.8) is 0 Å². The Morgan fingerprint density at radius 2 is 2.03 bits per heavy atom. The molecule has 0 aliphatic carbocycles. The van der Waals surface area contributed by atoms with Gasteiger partial charge in [-0.15, -0.1) is 11.8 Å². The van der Waals surface area contributed by atoms with E-state index in [0.29, 0.717) is 21.0 Å². The number of ether oxygens (including phenoxy) is 1. The van der Waals surface area contributed by atoms with Gasteiger partial charge in [-0.2, -0.15) is 4.99 Å². The molecule has 3 rings (SSSR count). The molecule has 0 spiro atoms. The number of hydrogen-bond donors (Lipinski definition) is 0. The van der Waals surface area contributed by atoms with Gasteiger partial charge in [0, 0.05) is 27.8 Å². The molecule has 0 unspecified atom stereocenters. The molecular weight excluding hydrogens is 438 g/mol. The molecule has 0 aliphatic heterocycles. The molecule has 0 fully saturated rings. The van der Waals surface area contributed by atoms with Crippen LogP contribution in [0.3, 0.4) is 0 Å². The minimum absolute atomic E-state index is 0.0756. The number of carbonyl (C=O) groups excluding carboxylic acids is 2. The van der Waals surface area contributed by atoms with E-state index < -0.39 is 16.8 Å². The number of benzene rings is 2. The van der Waals surface area contributed by atoms with Crippen molar-refractivity contribution in [1.82, 2.24) is 4.57 Å². The Morgan fingerprint density at radius 3 is 2.71 bits per heavy atom. The van der Waals surface area contributed by atoms with Gasteiger partial charge in [-0.05, 0) is 31.2 Å². The van der Waals surface area contributed by atoms with Crippen molar-refractivity contribution in [2.24, 2.45) is 4.99 Å². The van der Waals surface area contributed by atoms with Crippen LogP contribution in [0.1, 0.15) is 31.1 Å². The van der Waals surface area contributed by atoms with Gasteiger partial charge in [-0.25, -0.2) is 0 Å². The summed E-state index contributed by atoms with van der Waals surface area (Å²) >= 11 is 2.75. The van der Waals surface area contributed by atoms with Crippen LogP contribution >= 0.6 is 23.1 Å². The van der Waals surface area contributed by atoms with Gasteiger partial charge in [0.2, 0.25) is 0 Å². The largest absolute Gasteiger partial charge is 0.465 e. The van der Waals surface area contributed by atoms with Crippen molar-refractivity contribution in [3.8, 4) is 0 Å². The zero-order valence-corrected chi connectivity index (χ0v) is 18.9. The average Bonchev–Trinajstić information content (AvgIpc) is 3.04. The molecule has 8 nitrogen and oxygen atoms in total. The van der Waals surface area contributed by atoms with Gasteiger partial charge < -0.3 is 9.30 Å². The van der Waals surface area contributed by atoms with Crippen LogP contribution in [0.2, 0.25) is 0 Å².